The first kappa shape index (κ1) is 27.7. The van der Waals surface area contributed by atoms with Gasteiger partial charge in [0.2, 0.25) is 5.88 Å². The Morgan fingerprint density at radius 2 is 2.03 bits per heavy atom. The number of ether oxygens (including phenoxy) is 1. The molecule has 0 saturated heterocycles. The van der Waals surface area contributed by atoms with Gasteiger partial charge in [0.25, 0.3) is 0 Å². The molecule has 9 nitrogen and oxygen atoms in total. The highest BCUT2D eigenvalue weighted by Crippen LogP contribution is 2.31. The Kier molecular flexibility index (Phi) is 9.68. The van der Waals surface area contributed by atoms with Gasteiger partial charge in [0.15, 0.2) is 12.1 Å². The number of carbonyl (C=O) groups is 1. The van der Waals surface area contributed by atoms with E-state index in [1.807, 2.05) is 12.1 Å². The first-order valence-electron chi connectivity index (χ1n) is 10.8. The zero-order valence-electron chi connectivity index (χ0n) is 20.8. The topological polar surface area (TPSA) is 126 Å². The predicted molar refractivity (Wildman–Crippen MR) is 141 cm³/mol. The van der Waals surface area contributed by atoms with Crippen molar-refractivity contribution in [1.82, 2.24) is 9.97 Å². The van der Waals surface area contributed by atoms with Crippen molar-refractivity contribution in [2.45, 2.75) is 33.3 Å². The average molecular weight is 499 g/mol. The van der Waals surface area contributed by atoms with E-state index in [-0.39, 0.29) is 12.5 Å². The Balaban J connectivity index is 2.39. The van der Waals surface area contributed by atoms with Crippen LogP contribution in [0.3, 0.4) is 0 Å². The van der Waals surface area contributed by atoms with Gasteiger partial charge in [-0.05, 0) is 52.0 Å². The number of aliphatic hydroxyl groups is 1. The number of nitrogens with zero attached hydrogens (tertiary/aromatic N) is 5. The fourth-order valence-electron chi connectivity index (χ4n) is 2.79. The van der Waals surface area contributed by atoms with E-state index >= 15 is 0 Å². The lowest BCUT2D eigenvalue weighted by Gasteiger charge is -2.22. The van der Waals surface area contributed by atoms with E-state index in [1.165, 1.54) is 0 Å². The summed E-state index contributed by atoms with van der Waals surface area (Å²) in [7, 11) is 3.43. The second-order valence-corrected chi connectivity index (χ2v) is 8.66. The maximum atomic E-state index is 11.4. The lowest BCUT2D eigenvalue weighted by atomic mass is 10.1. The molecule has 0 radical (unpaired) electrons. The summed E-state index contributed by atoms with van der Waals surface area (Å²) >= 11 is 6.50. The second kappa shape index (κ2) is 12.2. The number of rotatable bonds is 9. The minimum atomic E-state index is -1.17. The van der Waals surface area contributed by atoms with Gasteiger partial charge in [-0.1, -0.05) is 17.7 Å². The van der Waals surface area contributed by atoms with Crippen molar-refractivity contribution in [2.24, 2.45) is 15.7 Å². The quantitative estimate of drug-likeness (QED) is 0.177. The fourth-order valence-corrected chi connectivity index (χ4v) is 3.04. The molecule has 35 heavy (non-hydrogen) atoms. The standard InChI is InChI=1S/C25H31ClN6O3/c1-16(14-33)23(35-15-19(27)9-11-28-5)30-17(2)32(6)22-13-18(7-8-20(22)26)21-10-12-29-24(31-21)25(3,4)34/h7-14,34H,15,27H2,1-6H3/b19-9-,23-16+,28-11?,30-17-. The normalized spacial score (nSPS) is 13.6. The van der Waals surface area contributed by atoms with Crippen LogP contribution in [0.5, 0.6) is 0 Å². The van der Waals surface area contributed by atoms with Crippen molar-refractivity contribution >= 4 is 35.6 Å². The minimum Gasteiger partial charge on any atom is -0.471 e. The van der Waals surface area contributed by atoms with Gasteiger partial charge < -0.3 is 20.5 Å². The SMILES string of the molecule is CN=C/C=C(\N)COC(/N=C(/C)N(C)c1cc(-c2ccnc(C(C)(C)O)n2)ccc1Cl)=C(\C)C=O. The maximum Gasteiger partial charge on any atom is 0.221 e. The summed E-state index contributed by atoms with van der Waals surface area (Å²) in [6, 6.07) is 7.21. The molecule has 0 aliphatic carbocycles. The molecule has 1 aromatic heterocycles. The third-order valence-corrected chi connectivity index (χ3v) is 5.20. The van der Waals surface area contributed by atoms with Crippen LogP contribution in [0, 0.1) is 0 Å². The van der Waals surface area contributed by atoms with Gasteiger partial charge in [0.1, 0.15) is 18.0 Å². The van der Waals surface area contributed by atoms with Crippen LogP contribution in [0.4, 0.5) is 5.69 Å². The summed E-state index contributed by atoms with van der Waals surface area (Å²) in [5.41, 5.74) is 7.54. The molecule has 1 aromatic carbocycles. The highest BCUT2D eigenvalue weighted by molar-refractivity contribution is 6.34. The van der Waals surface area contributed by atoms with Gasteiger partial charge in [-0.15, -0.1) is 0 Å². The van der Waals surface area contributed by atoms with E-state index < -0.39 is 5.60 Å². The van der Waals surface area contributed by atoms with Crippen LogP contribution in [-0.2, 0) is 15.1 Å². The third-order valence-electron chi connectivity index (χ3n) is 4.88. The highest BCUT2D eigenvalue weighted by atomic mass is 35.5. The van der Waals surface area contributed by atoms with Gasteiger partial charge in [0, 0.05) is 37.8 Å². The van der Waals surface area contributed by atoms with E-state index in [0.717, 1.165) is 5.56 Å². The van der Waals surface area contributed by atoms with Crippen LogP contribution in [0.25, 0.3) is 11.3 Å². The monoisotopic (exact) mass is 498 g/mol. The molecule has 1 heterocycles. The molecule has 0 saturated carbocycles. The number of aldehydes is 1. The Hall–Kier alpha value is -3.56. The van der Waals surface area contributed by atoms with E-state index in [1.54, 1.807) is 77.3 Å². The number of carbonyl (C=O) groups excluding carboxylic acids is 1. The number of halogens is 1. The molecule has 3 N–H and O–H groups in total. The van der Waals surface area contributed by atoms with Crippen LogP contribution in [0.1, 0.15) is 33.5 Å². The van der Waals surface area contributed by atoms with Crippen molar-refractivity contribution in [2.75, 3.05) is 25.6 Å². The third kappa shape index (κ3) is 7.73. The Labute approximate surface area is 210 Å². The highest BCUT2D eigenvalue weighted by Gasteiger charge is 2.20. The Bertz CT molecular complexity index is 1180. The van der Waals surface area contributed by atoms with Gasteiger partial charge in [-0.2, -0.15) is 0 Å². The van der Waals surface area contributed by atoms with E-state index in [4.69, 9.17) is 22.1 Å². The molecule has 186 valence electrons. The van der Waals surface area contributed by atoms with Crippen molar-refractivity contribution in [3.05, 3.63) is 64.5 Å². The molecule has 0 amide bonds. The number of allylic oxidation sites excluding steroid dienone is 2. The molecule has 0 unspecified atom stereocenters. The number of aromatic nitrogens is 2. The molecule has 2 aromatic rings. The first-order valence-corrected chi connectivity index (χ1v) is 11.2. The number of hydrogen-bond acceptors (Lipinski definition) is 8. The lowest BCUT2D eigenvalue weighted by Crippen LogP contribution is -2.24. The number of aliphatic imine (C=N–C) groups is 2. The lowest BCUT2D eigenvalue weighted by molar-refractivity contribution is -0.105. The molecule has 2 rings (SSSR count). The van der Waals surface area contributed by atoms with Crippen LogP contribution in [0.15, 0.2) is 63.7 Å². The molecule has 0 spiro atoms. The van der Waals surface area contributed by atoms with Crippen molar-refractivity contribution in [3.8, 4) is 11.3 Å². The molecule has 0 fully saturated rings. The number of anilines is 1. The van der Waals surface area contributed by atoms with Gasteiger partial charge in [-0.3, -0.25) is 9.79 Å². The van der Waals surface area contributed by atoms with Gasteiger partial charge in [0.05, 0.1) is 22.0 Å². The van der Waals surface area contributed by atoms with Crippen LogP contribution < -0.4 is 10.6 Å². The largest absolute Gasteiger partial charge is 0.471 e. The summed E-state index contributed by atoms with van der Waals surface area (Å²) in [5.74, 6) is 0.984. The average Bonchev–Trinajstić information content (AvgIpc) is 2.83. The molecule has 0 atom stereocenters. The number of hydrogen-bond donors (Lipinski definition) is 2. The summed E-state index contributed by atoms with van der Waals surface area (Å²) in [6.45, 7) is 6.67. The molecular weight excluding hydrogens is 468 g/mol. The predicted octanol–water partition coefficient (Wildman–Crippen LogP) is 3.87. The van der Waals surface area contributed by atoms with E-state index in [2.05, 4.69) is 20.0 Å². The summed E-state index contributed by atoms with van der Waals surface area (Å²) in [4.78, 5) is 30.2. The molecule has 0 bridgehead atoms. The fraction of sp³-hybridized carbons (Fsp3) is 0.320. The Morgan fingerprint density at radius 1 is 1.31 bits per heavy atom. The summed E-state index contributed by atoms with van der Waals surface area (Å²) in [6.07, 6.45) is 5.43. The summed E-state index contributed by atoms with van der Waals surface area (Å²) in [5, 5.41) is 10.8. The minimum absolute atomic E-state index is 0.0422. The molecular formula is C25H31ClN6O3. The smallest absolute Gasteiger partial charge is 0.221 e. The second-order valence-electron chi connectivity index (χ2n) is 8.25. The number of nitrogens with two attached hydrogens (primary N) is 1. The molecule has 10 heteroatoms. The number of amidine groups is 1. The maximum absolute atomic E-state index is 11.4. The van der Waals surface area contributed by atoms with Crippen LogP contribution in [-0.4, -0.2) is 54.1 Å². The first-order chi connectivity index (χ1) is 16.5. The zero-order chi connectivity index (χ0) is 26.2. The zero-order valence-corrected chi connectivity index (χ0v) is 21.5. The van der Waals surface area contributed by atoms with Crippen LogP contribution in [0.2, 0.25) is 5.02 Å². The van der Waals surface area contributed by atoms with Gasteiger partial charge in [-0.25, -0.2) is 15.0 Å². The number of benzene rings is 1. The van der Waals surface area contributed by atoms with E-state index in [0.29, 0.717) is 45.6 Å². The molecule has 0 aliphatic rings. The Morgan fingerprint density at radius 3 is 2.66 bits per heavy atom. The summed E-state index contributed by atoms with van der Waals surface area (Å²) < 4.78 is 5.68. The van der Waals surface area contributed by atoms with Crippen molar-refractivity contribution in [3.63, 3.8) is 0 Å². The molecule has 0 aliphatic heterocycles. The van der Waals surface area contributed by atoms with Crippen LogP contribution >= 0.6 is 11.6 Å². The van der Waals surface area contributed by atoms with E-state index in [9.17, 15) is 9.90 Å². The van der Waals surface area contributed by atoms with Crippen molar-refractivity contribution in [1.29, 1.82) is 0 Å². The van der Waals surface area contributed by atoms with Gasteiger partial charge >= 0.3 is 0 Å². The van der Waals surface area contributed by atoms with Crippen molar-refractivity contribution < 1.29 is 14.6 Å².